The largest absolute Gasteiger partial charge is 0.384 e. The maximum Gasteiger partial charge on any atom is 0.254 e. The molecule has 2 aromatic rings. The highest BCUT2D eigenvalue weighted by Crippen LogP contribution is 2.42. The third-order valence-electron chi connectivity index (χ3n) is 5.95. The molecule has 1 aliphatic carbocycles. The van der Waals surface area contributed by atoms with Crippen LogP contribution in [-0.4, -0.2) is 12.2 Å². The number of rotatable bonds is 6. The van der Waals surface area contributed by atoms with Crippen LogP contribution in [0.15, 0.2) is 42.1 Å². The van der Waals surface area contributed by atoms with Gasteiger partial charge in [0.05, 0.1) is 11.6 Å². The number of carbonyl (C=O) groups is 2. The van der Waals surface area contributed by atoms with Gasteiger partial charge in [-0.3, -0.25) is 4.79 Å². The van der Waals surface area contributed by atoms with E-state index in [2.05, 4.69) is 10.6 Å². The minimum atomic E-state index is -0.368. The van der Waals surface area contributed by atoms with Crippen molar-refractivity contribution in [3.8, 4) is 0 Å². The molecule has 1 saturated carbocycles. The van der Waals surface area contributed by atoms with E-state index >= 15 is 0 Å². The van der Waals surface area contributed by atoms with Gasteiger partial charge in [-0.15, -0.1) is 0 Å². The third-order valence-corrected chi connectivity index (χ3v) is 6.31. The van der Waals surface area contributed by atoms with Crippen molar-refractivity contribution >= 4 is 29.4 Å². The van der Waals surface area contributed by atoms with Gasteiger partial charge < -0.3 is 15.4 Å². The summed E-state index contributed by atoms with van der Waals surface area (Å²) in [5.74, 6) is -0.641. The van der Waals surface area contributed by atoms with Crippen molar-refractivity contribution in [3.63, 3.8) is 0 Å². The smallest absolute Gasteiger partial charge is 0.254 e. The zero-order valence-corrected chi connectivity index (χ0v) is 17.7. The van der Waals surface area contributed by atoms with Crippen molar-refractivity contribution < 1.29 is 14.0 Å². The number of carbonyl (C=O) groups excluding carboxylic acids is 2. The van der Waals surface area contributed by atoms with E-state index in [1.807, 2.05) is 26.0 Å². The van der Waals surface area contributed by atoms with E-state index in [4.69, 9.17) is 11.6 Å². The standard InChI is InChI=1S/C24H24ClFN2O2/c1-13(12-29)18-8-9-20(25)19-11-27-14(2)21(22(18)19)24(30)28-23(15-6-7-15)16-4-3-5-17(26)10-16/h3-5,8-10,12-13,15,23,27H,6-7,11H2,1-2H3,(H,28,30)/t13?,23-/m0/s1. The number of hydrogen-bond donors (Lipinski definition) is 2. The molecule has 0 bridgehead atoms. The normalized spacial score (nSPS) is 17.6. The average molecular weight is 427 g/mol. The molecule has 0 saturated heterocycles. The van der Waals surface area contributed by atoms with E-state index in [0.717, 1.165) is 47.1 Å². The molecule has 1 heterocycles. The van der Waals surface area contributed by atoms with Gasteiger partial charge in [-0.05, 0) is 66.1 Å². The van der Waals surface area contributed by atoms with Gasteiger partial charge in [0.1, 0.15) is 12.1 Å². The summed E-state index contributed by atoms with van der Waals surface area (Å²) in [5, 5.41) is 6.94. The number of allylic oxidation sites excluding steroid dienone is 1. The third kappa shape index (κ3) is 3.86. The summed E-state index contributed by atoms with van der Waals surface area (Å²) in [5.41, 5.74) is 4.31. The van der Waals surface area contributed by atoms with Gasteiger partial charge in [0.25, 0.3) is 5.91 Å². The van der Waals surface area contributed by atoms with Gasteiger partial charge in [-0.25, -0.2) is 4.39 Å². The minimum absolute atomic E-state index is 0.247. The van der Waals surface area contributed by atoms with E-state index in [0.29, 0.717) is 23.1 Å². The summed E-state index contributed by atoms with van der Waals surface area (Å²) >= 11 is 6.43. The number of aldehydes is 1. The molecular formula is C24H24ClFN2O2. The Morgan fingerprint density at radius 3 is 2.73 bits per heavy atom. The molecule has 0 spiro atoms. The van der Waals surface area contributed by atoms with E-state index < -0.39 is 0 Å². The first-order chi connectivity index (χ1) is 14.4. The lowest BCUT2D eigenvalue weighted by molar-refractivity contribution is -0.116. The van der Waals surface area contributed by atoms with Crippen molar-refractivity contribution in [1.82, 2.24) is 10.6 Å². The molecule has 2 N–H and O–H groups in total. The summed E-state index contributed by atoms with van der Waals surface area (Å²) < 4.78 is 13.8. The second kappa shape index (κ2) is 8.23. The van der Waals surface area contributed by atoms with Crippen molar-refractivity contribution in [2.24, 2.45) is 5.92 Å². The predicted octanol–water partition coefficient (Wildman–Crippen LogP) is 4.88. The van der Waals surface area contributed by atoms with Crippen LogP contribution in [0, 0.1) is 11.7 Å². The van der Waals surface area contributed by atoms with Crippen molar-refractivity contribution in [2.75, 3.05) is 0 Å². The fourth-order valence-corrected chi connectivity index (χ4v) is 4.38. The molecule has 156 valence electrons. The number of amides is 1. The van der Waals surface area contributed by atoms with Crippen molar-refractivity contribution in [2.45, 2.75) is 45.2 Å². The fourth-order valence-electron chi connectivity index (χ4n) is 4.16. The fraction of sp³-hybridized carbons (Fsp3) is 0.333. The summed E-state index contributed by atoms with van der Waals surface area (Å²) in [4.78, 5) is 25.0. The highest BCUT2D eigenvalue weighted by molar-refractivity contribution is 6.32. The number of benzene rings is 2. The Kier molecular flexibility index (Phi) is 5.65. The first-order valence-electron chi connectivity index (χ1n) is 10.2. The molecular weight excluding hydrogens is 403 g/mol. The Balaban J connectivity index is 1.74. The Labute approximate surface area is 180 Å². The molecule has 4 rings (SSSR count). The van der Waals surface area contributed by atoms with Crippen LogP contribution in [0.1, 0.15) is 60.9 Å². The number of fused-ring (bicyclic) bond motifs is 1. The van der Waals surface area contributed by atoms with E-state index in [-0.39, 0.29) is 23.7 Å². The molecule has 2 aliphatic rings. The van der Waals surface area contributed by atoms with Crippen LogP contribution in [0.3, 0.4) is 0 Å². The Bertz CT molecular complexity index is 1050. The highest BCUT2D eigenvalue weighted by atomic mass is 35.5. The van der Waals surface area contributed by atoms with Gasteiger partial charge >= 0.3 is 0 Å². The van der Waals surface area contributed by atoms with Gasteiger partial charge in [-0.2, -0.15) is 0 Å². The molecule has 1 aliphatic heterocycles. The lowest BCUT2D eigenvalue weighted by Gasteiger charge is -2.28. The Hall–Kier alpha value is -2.66. The average Bonchev–Trinajstić information content (AvgIpc) is 3.56. The Morgan fingerprint density at radius 1 is 1.30 bits per heavy atom. The molecule has 2 atom stereocenters. The first kappa shape index (κ1) is 20.6. The Morgan fingerprint density at radius 2 is 2.07 bits per heavy atom. The van der Waals surface area contributed by atoms with Crippen LogP contribution in [0.2, 0.25) is 5.02 Å². The van der Waals surface area contributed by atoms with Gasteiger partial charge in [-0.1, -0.05) is 36.7 Å². The maximum absolute atomic E-state index is 13.8. The van der Waals surface area contributed by atoms with Crippen LogP contribution in [0.4, 0.5) is 4.39 Å². The minimum Gasteiger partial charge on any atom is -0.384 e. The SMILES string of the molecule is CC1=C(C(=O)N[C@H](c2cccc(F)c2)C2CC2)c2c(C(C)C=O)ccc(Cl)c2CN1. The maximum atomic E-state index is 13.8. The van der Waals surface area contributed by atoms with E-state index in [9.17, 15) is 14.0 Å². The van der Waals surface area contributed by atoms with Crippen LogP contribution < -0.4 is 10.6 Å². The van der Waals surface area contributed by atoms with Gasteiger partial charge in [0.15, 0.2) is 0 Å². The van der Waals surface area contributed by atoms with Crippen LogP contribution in [0.5, 0.6) is 0 Å². The summed E-state index contributed by atoms with van der Waals surface area (Å²) in [6.45, 7) is 4.15. The van der Waals surface area contributed by atoms with E-state index in [1.54, 1.807) is 12.1 Å². The molecule has 0 radical (unpaired) electrons. The molecule has 1 fully saturated rings. The zero-order chi connectivity index (χ0) is 21.4. The summed E-state index contributed by atoms with van der Waals surface area (Å²) in [6.07, 6.45) is 2.86. The molecule has 2 aromatic carbocycles. The zero-order valence-electron chi connectivity index (χ0n) is 17.0. The van der Waals surface area contributed by atoms with Crippen molar-refractivity contribution in [1.29, 1.82) is 0 Å². The second-order valence-corrected chi connectivity index (χ2v) is 8.52. The van der Waals surface area contributed by atoms with Crippen molar-refractivity contribution in [3.05, 3.63) is 75.2 Å². The molecule has 4 nitrogen and oxygen atoms in total. The summed E-state index contributed by atoms with van der Waals surface area (Å²) in [6, 6.07) is 9.72. The number of hydrogen-bond acceptors (Lipinski definition) is 3. The van der Waals surface area contributed by atoms with Crippen LogP contribution in [0.25, 0.3) is 5.57 Å². The lowest BCUT2D eigenvalue weighted by Crippen LogP contribution is -2.34. The predicted molar refractivity (Wildman–Crippen MR) is 115 cm³/mol. The molecule has 1 amide bonds. The molecule has 1 unspecified atom stereocenters. The second-order valence-electron chi connectivity index (χ2n) is 8.11. The summed E-state index contributed by atoms with van der Waals surface area (Å²) in [7, 11) is 0. The molecule has 30 heavy (non-hydrogen) atoms. The highest BCUT2D eigenvalue weighted by Gasteiger charge is 2.36. The topological polar surface area (TPSA) is 58.2 Å². The number of nitrogens with one attached hydrogen (secondary N) is 2. The van der Waals surface area contributed by atoms with Gasteiger partial charge in [0, 0.05) is 23.2 Å². The molecule has 6 heteroatoms. The van der Waals surface area contributed by atoms with Crippen LogP contribution in [-0.2, 0) is 16.1 Å². The quantitative estimate of drug-likeness (QED) is 0.647. The van der Waals surface area contributed by atoms with Gasteiger partial charge in [0.2, 0.25) is 0 Å². The van der Waals surface area contributed by atoms with Crippen LogP contribution >= 0.6 is 11.6 Å². The van der Waals surface area contributed by atoms with E-state index in [1.165, 1.54) is 12.1 Å². The first-order valence-corrected chi connectivity index (χ1v) is 10.6. The molecule has 0 aromatic heterocycles. The monoisotopic (exact) mass is 426 g/mol. The number of halogens is 2. The lowest BCUT2D eigenvalue weighted by atomic mass is 9.85.